The molecular formula is C18H27ClN2O2. The molecule has 0 bridgehead atoms. The van der Waals surface area contributed by atoms with Gasteiger partial charge >= 0.3 is 6.09 Å². The minimum Gasteiger partial charge on any atom is -0.444 e. The number of rotatable bonds is 4. The second-order valence-electron chi connectivity index (χ2n) is 7.41. The molecule has 4 nitrogen and oxygen atoms in total. The zero-order chi connectivity index (χ0) is 16.9. The fraction of sp³-hybridized carbons (Fsp3) is 0.611. The van der Waals surface area contributed by atoms with Crippen molar-refractivity contribution >= 4 is 17.7 Å². The summed E-state index contributed by atoms with van der Waals surface area (Å²) in [6.07, 6.45) is 2.66. The van der Waals surface area contributed by atoms with Crippen LogP contribution in [-0.2, 0) is 11.2 Å². The molecule has 1 amide bonds. The second-order valence-corrected chi connectivity index (χ2v) is 7.85. The van der Waals surface area contributed by atoms with Crippen molar-refractivity contribution < 1.29 is 9.53 Å². The molecule has 0 aromatic heterocycles. The molecule has 2 rings (SSSR count). The molecule has 1 fully saturated rings. The van der Waals surface area contributed by atoms with E-state index in [2.05, 4.69) is 22.8 Å². The fourth-order valence-electron chi connectivity index (χ4n) is 2.98. The first kappa shape index (κ1) is 18.1. The van der Waals surface area contributed by atoms with E-state index in [0.717, 1.165) is 37.4 Å². The number of benzene rings is 1. The smallest absolute Gasteiger partial charge is 0.407 e. The molecule has 2 N–H and O–H groups in total. The number of nitrogens with one attached hydrogen (secondary N) is 2. The molecule has 1 aliphatic heterocycles. The van der Waals surface area contributed by atoms with Crippen molar-refractivity contribution in [3.63, 3.8) is 0 Å². The van der Waals surface area contributed by atoms with Crippen LogP contribution in [-0.4, -0.2) is 31.3 Å². The van der Waals surface area contributed by atoms with Crippen molar-refractivity contribution in [2.75, 3.05) is 19.6 Å². The third-order valence-electron chi connectivity index (χ3n) is 4.16. The second kappa shape index (κ2) is 7.54. The highest BCUT2D eigenvalue weighted by Gasteiger charge is 2.33. The van der Waals surface area contributed by atoms with Crippen LogP contribution in [0.4, 0.5) is 4.79 Å². The van der Waals surface area contributed by atoms with Gasteiger partial charge in [0.15, 0.2) is 0 Å². The molecule has 0 radical (unpaired) electrons. The highest BCUT2D eigenvalue weighted by molar-refractivity contribution is 6.30. The number of hydrogen-bond acceptors (Lipinski definition) is 3. The molecular weight excluding hydrogens is 312 g/mol. The zero-order valence-corrected chi connectivity index (χ0v) is 15.0. The standard InChI is InChI=1S/C18H27ClN2O2/c1-17(2,3)23-16(22)21-13-18(8-10-20-11-9-18)12-14-4-6-15(19)7-5-14/h4-7,20H,8-13H2,1-3H3,(H,21,22). The third-order valence-corrected chi connectivity index (χ3v) is 4.42. The van der Waals surface area contributed by atoms with E-state index in [4.69, 9.17) is 16.3 Å². The number of amides is 1. The van der Waals surface area contributed by atoms with E-state index in [1.54, 1.807) is 0 Å². The summed E-state index contributed by atoms with van der Waals surface area (Å²) in [5, 5.41) is 7.11. The van der Waals surface area contributed by atoms with Gasteiger partial charge in [0.25, 0.3) is 0 Å². The lowest BCUT2D eigenvalue weighted by Crippen LogP contribution is -2.46. The first-order chi connectivity index (χ1) is 10.8. The van der Waals surface area contributed by atoms with Crippen LogP contribution < -0.4 is 10.6 Å². The predicted octanol–water partition coefficient (Wildman–Crippen LogP) is 3.78. The Balaban J connectivity index is 2.00. The molecule has 128 valence electrons. The van der Waals surface area contributed by atoms with E-state index < -0.39 is 5.60 Å². The van der Waals surface area contributed by atoms with Crippen LogP contribution in [0.1, 0.15) is 39.2 Å². The van der Waals surface area contributed by atoms with Gasteiger partial charge in [-0.05, 0) is 76.2 Å². The quantitative estimate of drug-likeness (QED) is 0.878. The number of hydrogen-bond donors (Lipinski definition) is 2. The fourth-order valence-corrected chi connectivity index (χ4v) is 3.11. The van der Waals surface area contributed by atoms with Crippen LogP contribution >= 0.6 is 11.6 Å². The first-order valence-electron chi connectivity index (χ1n) is 8.20. The maximum absolute atomic E-state index is 12.0. The molecule has 23 heavy (non-hydrogen) atoms. The van der Waals surface area contributed by atoms with E-state index in [-0.39, 0.29) is 11.5 Å². The van der Waals surface area contributed by atoms with Gasteiger partial charge in [-0.3, -0.25) is 0 Å². The van der Waals surface area contributed by atoms with Crippen LogP contribution in [0.15, 0.2) is 24.3 Å². The van der Waals surface area contributed by atoms with Gasteiger partial charge in [-0.15, -0.1) is 0 Å². The maximum atomic E-state index is 12.0. The Labute approximate surface area is 143 Å². The van der Waals surface area contributed by atoms with Crippen LogP contribution in [0.2, 0.25) is 5.02 Å². The molecule has 1 aromatic rings. The summed E-state index contributed by atoms with van der Waals surface area (Å²) in [5.41, 5.74) is 0.847. The highest BCUT2D eigenvalue weighted by Crippen LogP contribution is 2.32. The molecule has 0 unspecified atom stereocenters. The van der Waals surface area contributed by atoms with Gasteiger partial charge in [-0.2, -0.15) is 0 Å². The van der Waals surface area contributed by atoms with E-state index in [9.17, 15) is 4.79 Å². The van der Waals surface area contributed by atoms with E-state index in [0.29, 0.717) is 6.54 Å². The lowest BCUT2D eigenvalue weighted by Gasteiger charge is -2.38. The van der Waals surface area contributed by atoms with Crippen molar-refractivity contribution in [1.29, 1.82) is 0 Å². The van der Waals surface area contributed by atoms with E-state index in [1.807, 2.05) is 32.9 Å². The average Bonchev–Trinajstić information content (AvgIpc) is 2.47. The molecule has 0 saturated carbocycles. The lowest BCUT2D eigenvalue weighted by molar-refractivity contribution is 0.0485. The van der Waals surface area contributed by atoms with Crippen LogP contribution in [0, 0.1) is 5.41 Å². The average molecular weight is 339 g/mol. The van der Waals surface area contributed by atoms with Crippen molar-refractivity contribution in [3.8, 4) is 0 Å². The third kappa shape index (κ3) is 6.04. The summed E-state index contributed by atoms with van der Waals surface area (Å²) in [6.45, 7) is 8.21. The van der Waals surface area contributed by atoms with Gasteiger partial charge in [-0.25, -0.2) is 4.79 Å². The Bertz CT molecular complexity index is 517. The number of carbonyl (C=O) groups excluding carboxylic acids is 1. The molecule has 1 heterocycles. The Morgan fingerprint density at radius 1 is 1.26 bits per heavy atom. The van der Waals surface area contributed by atoms with Crippen LogP contribution in [0.25, 0.3) is 0 Å². The van der Waals surface area contributed by atoms with Gasteiger partial charge in [-0.1, -0.05) is 23.7 Å². The predicted molar refractivity (Wildman–Crippen MR) is 93.9 cm³/mol. The molecule has 0 atom stereocenters. The van der Waals surface area contributed by atoms with Gasteiger partial charge in [0, 0.05) is 11.6 Å². The number of piperidine rings is 1. The molecule has 1 saturated heterocycles. The van der Waals surface area contributed by atoms with Crippen molar-refractivity contribution in [2.45, 2.75) is 45.6 Å². The Kier molecular flexibility index (Phi) is 5.93. The van der Waals surface area contributed by atoms with Crippen molar-refractivity contribution in [1.82, 2.24) is 10.6 Å². The molecule has 1 aliphatic rings. The van der Waals surface area contributed by atoms with Gasteiger partial charge in [0.1, 0.15) is 5.60 Å². The summed E-state index contributed by atoms with van der Waals surface area (Å²) in [4.78, 5) is 12.0. The van der Waals surface area contributed by atoms with E-state index >= 15 is 0 Å². The Morgan fingerprint density at radius 3 is 2.43 bits per heavy atom. The number of halogens is 1. The Hall–Kier alpha value is -1.26. The van der Waals surface area contributed by atoms with Crippen LogP contribution in [0.5, 0.6) is 0 Å². The minimum absolute atomic E-state index is 0.0655. The summed E-state index contributed by atoms with van der Waals surface area (Å²) in [5.74, 6) is 0. The topological polar surface area (TPSA) is 50.4 Å². The highest BCUT2D eigenvalue weighted by atomic mass is 35.5. The SMILES string of the molecule is CC(C)(C)OC(=O)NCC1(Cc2ccc(Cl)cc2)CCNCC1. The molecule has 0 aliphatic carbocycles. The summed E-state index contributed by atoms with van der Waals surface area (Å²) < 4.78 is 5.36. The minimum atomic E-state index is -0.471. The van der Waals surface area contributed by atoms with Gasteiger partial charge < -0.3 is 15.4 Å². The van der Waals surface area contributed by atoms with Gasteiger partial charge in [0.2, 0.25) is 0 Å². The number of carbonyl (C=O) groups is 1. The summed E-state index contributed by atoms with van der Waals surface area (Å²) >= 11 is 5.97. The van der Waals surface area contributed by atoms with Crippen LogP contribution in [0.3, 0.4) is 0 Å². The normalized spacial score (nSPS) is 17.6. The first-order valence-corrected chi connectivity index (χ1v) is 8.58. The molecule has 1 aromatic carbocycles. The number of alkyl carbamates (subject to hydrolysis) is 1. The van der Waals surface area contributed by atoms with E-state index in [1.165, 1.54) is 5.56 Å². The maximum Gasteiger partial charge on any atom is 0.407 e. The molecule has 5 heteroatoms. The summed E-state index contributed by atoms with van der Waals surface area (Å²) in [6, 6.07) is 7.99. The zero-order valence-electron chi connectivity index (χ0n) is 14.2. The monoisotopic (exact) mass is 338 g/mol. The largest absolute Gasteiger partial charge is 0.444 e. The van der Waals surface area contributed by atoms with Crippen molar-refractivity contribution in [2.24, 2.45) is 5.41 Å². The van der Waals surface area contributed by atoms with Gasteiger partial charge in [0.05, 0.1) is 0 Å². The Morgan fingerprint density at radius 2 is 1.87 bits per heavy atom. The van der Waals surface area contributed by atoms with Crippen molar-refractivity contribution in [3.05, 3.63) is 34.9 Å². The summed E-state index contributed by atoms with van der Waals surface area (Å²) in [7, 11) is 0. The number of ether oxygens (including phenoxy) is 1. The lowest BCUT2D eigenvalue weighted by atomic mass is 9.74. The molecule has 0 spiro atoms.